The molecule has 3 nitrogen and oxygen atoms in total. The second kappa shape index (κ2) is 5.52. The summed E-state index contributed by atoms with van der Waals surface area (Å²) in [5.74, 6) is -0.665. The maximum Gasteiger partial charge on any atom is 0.179 e. The maximum atomic E-state index is 14.0. The van der Waals surface area contributed by atoms with Gasteiger partial charge in [0.15, 0.2) is 17.7 Å². The van der Waals surface area contributed by atoms with Crippen molar-refractivity contribution in [2.24, 2.45) is 4.40 Å². The molecule has 1 aliphatic rings. The fraction of sp³-hybridized carbons (Fsp3) is 0.462. The van der Waals surface area contributed by atoms with Gasteiger partial charge in [0.25, 0.3) is 0 Å². The third-order valence-corrected chi connectivity index (χ3v) is 4.72. The standard InChI is InChI=1S/C13H14BrF2NO2S/c1-13(2,3)20(18)17-11-7-4-5-8(14)10(16)12(7)19-6-9(11)15/h4-5,9H,6H2,1-3H3/b17-11-/t9?,20-/m0/s1. The van der Waals surface area contributed by atoms with E-state index in [1.54, 1.807) is 20.8 Å². The zero-order chi connectivity index (χ0) is 15.1. The number of benzene rings is 1. The molecular weight excluding hydrogens is 352 g/mol. The van der Waals surface area contributed by atoms with Gasteiger partial charge >= 0.3 is 0 Å². The minimum absolute atomic E-state index is 0.0223. The molecule has 20 heavy (non-hydrogen) atoms. The Morgan fingerprint density at radius 1 is 1.45 bits per heavy atom. The fourth-order valence-corrected chi connectivity index (χ4v) is 2.59. The van der Waals surface area contributed by atoms with E-state index >= 15 is 0 Å². The van der Waals surface area contributed by atoms with E-state index in [-0.39, 0.29) is 28.1 Å². The fourth-order valence-electron chi connectivity index (χ4n) is 1.61. The van der Waals surface area contributed by atoms with Crippen molar-refractivity contribution in [3.05, 3.63) is 28.0 Å². The van der Waals surface area contributed by atoms with E-state index < -0.39 is 27.7 Å². The van der Waals surface area contributed by atoms with Crippen LogP contribution in [0, 0.1) is 5.82 Å². The predicted molar refractivity (Wildman–Crippen MR) is 78.9 cm³/mol. The highest BCUT2D eigenvalue weighted by Gasteiger charge is 2.32. The summed E-state index contributed by atoms with van der Waals surface area (Å²) in [4.78, 5) is 0. The van der Waals surface area contributed by atoms with Gasteiger partial charge in [0, 0.05) is 5.56 Å². The first-order valence-electron chi connectivity index (χ1n) is 5.97. The Labute approximate surface area is 127 Å². The molecular formula is C13H14BrF2NO2S. The third-order valence-electron chi connectivity index (χ3n) is 2.70. The van der Waals surface area contributed by atoms with Crippen LogP contribution in [0.5, 0.6) is 5.75 Å². The van der Waals surface area contributed by atoms with Gasteiger partial charge in [0.2, 0.25) is 0 Å². The van der Waals surface area contributed by atoms with Crippen molar-refractivity contribution in [2.75, 3.05) is 6.61 Å². The van der Waals surface area contributed by atoms with E-state index in [0.29, 0.717) is 0 Å². The van der Waals surface area contributed by atoms with Gasteiger partial charge in [-0.2, -0.15) is 4.40 Å². The van der Waals surface area contributed by atoms with E-state index in [0.717, 1.165) is 0 Å². The predicted octanol–water partition coefficient (Wildman–Crippen LogP) is 3.57. The van der Waals surface area contributed by atoms with Crippen molar-refractivity contribution in [1.29, 1.82) is 0 Å². The van der Waals surface area contributed by atoms with Crippen LogP contribution in [-0.2, 0) is 11.0 Å². The molecule has 1 heterocycles. The first-order valence-corrected chi connectivity index (χ1v) is 7.87. The summed E-state index contributed by atoms with van der Waals surface area (Å²) in [6.45, 7) is 4.88. The second-order valence-electron chi connectivity index (χ2n) is 5.35. The summed E-state index contributed by atoms with van der Waals surface area (Å²) in [5, 5.41) is 0. The quantitative estimate of drug-likeness (QED) is 0.762. The number of nitrogens with zero attached hydrogens (tertiary/aromatic N) is 1. The Bertz CT molecular complexity index is 599. The SMILES string of the molecule is CC(C)(C)[S@](=O)/N=C1/c2ccc(Br)c(F)c2OCC1F. The lowest BCUT2D eigenvalue weighted by molar-refractivity contribution is 0.222. The summed E-state index contributed by atoms with van der Waals surface area (Å²) in [5.41, 5.74) is 0.188. The lowest BCUT2D eigenvalue weighted by Crippen LogP contribution is -2.32. The van der Waals surface area contributed by atoms with Gasteiger partial charge in [0.05, 0.1) is 9.22 Å². The molecule has 0 N–H and O–H groups in total. The summed E-state index contributed by atoms with van der Waals surface area (Å²) >= 11 is 3.04. The summed E-state index contributed by atoms with van der Waals surface area (Å²) in [7, 11) is -1.62. The van der Waals surface area contributed by atoms with Crippen LogP contribution in [0.4, 0.5) is 8.78 Å². The van der Waals surface area contributed by atoms with Crippen molar-refractivity contribution in [1.82, 2.24) is 0 Å². The van der Waals surface area contributed by atoms with Crippen molar-refractivity contribution in [3.63, 3.8) is 0 Å². The minimum Gasteiger partial charge on any atom is -0.486 e. The zero-order valence-electron chi connectivity index (χ0n) is 11.2. The van der Waals surface area contributed by atoms with Crippen LogP contribution in [0.15, 0.2) is 21.0 Å². The van der Waals surface area contributed by atoms with Crippen LogP contribution >= 0.6 is 15.9 Å². The van der Waals surface area contributed by atoms with Crippen LogP contribution in [0.2, 0.25) is 0 Å². The number of rotatable bonds is 1. The Morgan fingerprint density at radius 2 is 2.10 bits per heavy atom. The van der Waals surface area contributed by atoms with Crippen LogP contribution in [0.3, 0.4) is 0 Å². The molecule has 7 heteroatoms. The van der Waals surface area contributed by atoms with Crippen LogP contribution in [0.1, 0.15) is 26.3 Å². The van der Waals surface area contributed by atoms with Gasteiger partial charge in [-0.05, 0) is 48.8 Å². The zero-order valence-corrected chi connectivity index (χ0v) is 13.6. The number of hydrogen-bond donors (Lipinski definition) is 0. The molecule has 0 spiro atoms. The number of ether oxygens (including phenoxy) is 1. The van der Waals surface area contributed by atoms with E-state index in [1.807, 2.05) is 0 Å². The molecule has 110 valence electrons. The average molecular weight is 366 g/mol. The minimum atomic E-state index is -1.62. The van der Waals surface area contributed by atoms with Gasteiger partial charge in [-0.1, -0.05) is 0 Å². The van der Waals surface area contributed by atoms with Crippen molar-refractivity contribution in [2.45, 2.75) is 31.7 Å². The molecule has 0 radical (unpaired) electrons. The molecule has 1 aromatic rings. The monoisotopic (exact) mass is 365 g/mol. The molecule has 0 fully saturated rings. The molecule has 2 rings (SSSR count). The number of alkyl halides is 1. The number of halogens is 3. The van der Waals surface area contributed by atoms with Gasteiger partial charge in [-0.25, -0.2) is 13.0 Å². The molecule has 0 aromatic heterocycles. The molecule has 0 saturated carbocycles. The molecule has 0 saturated heterocycles. The Kier molecular flexibility index (Phi) is 4.30. The van der Waals surface area contributed by atoms with Crippen LogP contribution in [0.25, 0.3) is 0 Å². The highest BCUT2D eigenvalue weighted by Crippen LogP contribution is 2.34. The topological polar surface area (TPSA) is 38.7 Å². The molecule has 0 bridgehead atoms. The van der Waals surface area contributed by atoms with Crippen LogP contribution < -0.4 is 4.74 Å². The summed E-state index contributed by atoms with van der Waals surface area (Å²) in [6.07, 6.45) is -1.52. The van der Waals surface area contributed by atoms with E-state index in [2.05, 4.69) is 20.3 Å². The molecule has 0 aliphatic carbocycles. The lowest BCUT2D eigenvalue weighted by atomic mass is 10.0. The first kappa shape index (κ1) is 15.6. The van der Waals surface area contributed by atoms with Gasteiger partial charge in [0.1, 0.15) is 23.3 Å². The average Bonchev–Trinajstić information content (AvgIpc) is 2.35. The van der Waals surface area contributed by atoms with Crippen molar-refractivity contribution >= 4 is 32.6 Å². The van der Waals surface area contributed by atoms with Gasteiger partial charge in [-0.3, -0.25) is 0 Å². The molecule has 2 atom stereocenters. The van der Waals surface area contributed by atoms with E-state index in [4.69, 9.17) is 4.74 Å². The largest absolute Gasteiger partial charge is 0.486 e. The normalized spacial score (nSPS) is 22.3. The Morgan fingerprint density at radius 3 is 2.70 bits per heavy atom. The maximum absolute atomic E-state index is 14.0. The van der Waals surface area contributed by atoms with Crippen molar-refractivity contribution in [3.8, 4) is 5.75 Å². The van der Waals surface area contributed by atoms with Gasteiger partial charge < -0.3 is 4.74 Å². The smallest absolute Gasteiger partial charge is 0.179 e. The highest BCUT2D eigenvalue weighted by atomic mass is 79.9. The summed E-state index contributed by atoms with van der Waals surface area (Å²) in [6, 6.07) is 2.96. The third kappa shape index (κ3) is 2.93. The van der Waals surface area contributed by atoms with Gasteiger partial charge in [-0.15, -0.1) is 0 Å². The second-order valence-corrected chi connectivity index (χ2v) is 8.11. The number of fused-ring (bicyclic) bond motifs is 1. The Balaban J connectivity index is 2.54. The summed E-state index contributed by atoms with van der Waals surface area (Å²) < 4.78 is 48.6. The highest BCUT2D eigenvalue weighted by molar-refractivity contribution is 9.10. The molecule has 1 aliphatic heterocycles. The Hall–Kier alpha value is -0.820. The first-order chi connectivity index (χ1) is 9.21. The van der Waals surface area contributed by atoms with Crippen molar-refractivity contribution < 1.29 is 17.7 Å². The molecule has 1 unspecified atom stereocenters. The number of hydrogen-bond acceptors (Lipinski definition) is 2. The van der Waals surface area contributed by atoms with E-state index in [1.165, 1.54) is 12.1 Å². The lowest BCUT2D eigenvalue weighted by Gasteiger charge is -2.24. The van der Waals surface area contributed by atoms with E-state index in [9.17, 15) is 13.0 Å². The molecule has 1 aromatic carbocycles. The van der Waals surface area contributed by atoms with Crippen LogP contribution in [-0.4, -0.2) is 27.4 Å². The molecule has 0 amide bonds.